The van der Waals surface area contributed by atoms with E-state index >= 15 is 0 Å². The van der Waals surface area contributed by atoms with Gasteiger partial charge in [-0.15, -0.1) is 0 Å². The van der Waals surface area contributed by atoms with E-state index < -0.39 is 0 Å². The largest absolute Gasteiger partial charge is 0.271 e. The molecule has 0 radical (unpaired) electrons. The second-order valence-corrected chi connectivity index (χ2v) is 5.77. The van der Waals surface area contributed by atoms with Gasteiger partial charge in [0.1, 0.15) is 0 Å². The number of hydrogen-bond acceptors (Lipinski definition) is 3. The van der Waals surface area contributed by atoms with Gasteiger partial charge in [0, 0.05) is 13.2 Å². The molecule has 0 amide bonds. The first-order valence-corrected chi connectivity index (χ1v) is 6.72. The first-order valence-electron chi connectivity index (χ1n) is 6.72. The van der Waals surface area contributed by atoms with Crippen molar-refractivity contribution in [3.05, 3.63) is 18.0 Å². The number of nitrogens with zero attached hydrogens (tertiary/aromatic N) is 2. The fourth-order valence-corrected chi connectivity index (χ4v) is 3.97. The quantitative estimate of drug-likeness (QED) is 0.616. The van der Waals surface area contributed by atoms with E-state index in [9.17, 15) is 0 Å². The second kappa shape index (κ2) is 4.42. The highest BCUT2D eigenvalue weighted by atomic mass is 15.3. The van der Waals surface area contributed by atoms with E-state index in [1.54, 1.807) is 0 Å². The number of aromatic nitrogens is 2. The van der Waals surface area contributed by atoms with Crippen molar-refractivity contribution in [2.75, 3.05) is 0 Å². The van der Waals surface area contributed by atoms with Crippen molar-refractivity contribution in [2.24, 2.45) is 30.6 Å². The Bertz CT molecular complexity index is 387. The van der Waals surface area contributed by atoms with Crippen molar-refractivity contribution in [1.82, 2.24) is 15.2 Å². The van der Waals surface area contributed by atoms with Crippen molar-refractivity contribution in [3.63, 3.8) is 0 Å². The lowest BCUT2D eigenvalue weighted by molar-refractivity contribution is 0.275. The number of aryl methyl sites for hydroxylation is 1. The predicted molar refractivity (Wildman–Crippen MR) is 66.8 cm³/mol. The van der Waals surface area contributed by atoms with Crippen LogP contribution in [0.3, 0.4) is 0 Å². The van der Waals surface area contributed by atoms with Crippen LogP contribution in [0.25, 0.3) is 0 Å². The molecule has 4 heteroatoms. The van der Waals surface area contributed by atoms with Gasteiger partial charge in [-0.2, -0.15) is 5.10 Å². The Hall–Kier alpha value is -0.870. The molecule has 0 spiro atoms. The Kier molecular flexibility index (Phi) is 2.92. The maximum Gasteiger partial charge on any atom is 0.0631 e. The van der Waals surface area contributed by atoms with Gasteiger partial charge in [0.15, 0.2) is 0 Å². The molecule has 3 N–H and O–H groups in total. The van der Waals surface area contributed by atoms with E-state index in [2.05, 4.69) is 16.6 Å². The van der Waals surface area contributed by atoms with Crippen molar-refractivity contribution in [1.29, 1.82) is 0 Å². The van der Waals surface area contributed by atoms with Gasteiger partial charge >= 0.3 is 0 Å². The van der Waals surface area contributed by atoms with Crippen LogP contribution >= 0.6 is 0 Å². The zero-order valence-corrected chi connectivity index (χ0v) is 10.5. The van der Waals surface area contributed by atoms with Crippen molar-refractivity contribution in [3.8, 4) is 0 Å². The van der Waals surface area contributed by atoms with Crippen molar-refractivity contribution in [2.45, 2.75) is 38.1 Å². The molecular formula is C13H22N4. The molecule has 4 atom stereocenters. The lowest BCUT2D eigenvalue weighted by atomic mass is 9.84. The molecule has 4 unspecified atom stereocenters. The van der Waals surface area contributed by atoms with Crippen molar-refractivity contribution < 1.29 is 0 Å². The lowest BCUT2D eigenvalue weighted by Crippen LogP contribution is -2.32. The third-order valence-electron chi connectivity index (χ3n) is 4.84. The Morgan fingerprint density at radius 2 is 2.41 bits per heavy atom. The minimum atomic E-state index is 0.256. The van der Waals surface area contributed by atoms with Crippen LogP contribution in [0, 0.1) is 17.8 Å². The average molecular weight is 234 g/mol. The molecule has 1 aromatic heterocycles. The number of nitrogens with two attached hydrogens (primary N) is 1. The highest BCUT2D eigenvalue weighted by molar-refractivity contribution is 5.07. The molecule has 1 aromatic rings. The molecule has 0 aliphatic heterocycles. The molecule has 2 saturated carbocycles. The molecule has 2 aliphatic carbocycles. The molecule has 4 nitrogen and oxygen atoms in total. The van der Waals surface area contributed by atoms with E-state index in [-0.39, 0.29) is 6.04 Å². The van der Waals surface area contributed by atoms with Gasteiger partial charge < -0.3 is 0 Å². The zero-order chi connectivity index (χ0) is 11.8. The molecule has 3 rings (SSSR count). The first-order chi connectivity index (χ1) is 8.28. The zero-order valence-electron chi connectivity index (χ0n) is 10.5. The van der Waals surface area contributed by atoms with Crippen LogP contribution in [0.5, 0.6) is 0 Å². The number of rotatable bonds is 4. The van der Waals surface area contributed by atoms with Crippen LogP contribution in [-0.4, -0.2) is 9.78 Å². The van der Waals surface area contributed by atoms with Crippen LogP contribution in [0.15, 0.2) is 12.3 Å². The molecule has 17 heavy (non-hydrogen) atoms. The minimum absolute atomic E-state index is 0.256. The Labute approximate surface area is 103 Å². The molecule has 2 bridgehead atoms. The van der Waals surface area contributed by atoms with Gasteiger partial charge in [0.25, 0.3) is 0 Å². The van der Waals surface area contributed by atoms with Gasteiger partial charge in [0.2, 0.25) is 0 Å². The summed E-state index contributed by atoms with van der Waals surface area (Å²) in [7, 11) is 1.99. The van der Waals surface area contributed by atoms with Crippen LogP contribution in [0.4, 0.5) is 0 Å². The number of fused-ring (bicyclic) bond motifs is 2. The molecule has 2 aliphatic rings. The lowest BCUT2D eigenvalue weighted by Gasteiger charge is -2.26. The third-order valence-corrected chi connectivity index (χ3v) is 4.84. The van der Waals surface area contributed by atoms with Crippen LogP contribution in [0.1, 0.15) is 43.8 Å². The van der Waals surface area contributed by atoms with E-state index in [1.165, 1.54) is 31.4 Å². The SMILES string of the molecule is Cn1nccc1C(CC1CC2CCC1C2)NN. The molecule has 0 saturated heterocycles. The van der Waals surface area contributed by atoms with E-state index in [1.807, 2.05) is 17.9 Å². The second-order valence-electron chi connectivity index (χ2n) is 5.77. The first kappa shape index (κ1) is 11.2. The summed E-state index contributed by atoms with van der Waals surface area (Å²) in [6.07, 6.45) is 8.80. The molecular weight excluding hydrogens is 212 g/mol. The van der Waals surface area contributed by atoms with Gasteiger partial charge in [-0.05, 0) is 49.5 Å². The van der Waals surface area contributed by atoms with Crippen LogP contribution in [0.2, 0.25) is 0 Å². The van der Waals surface area contributed by atoms with Gasteiger partial charge in [-0.3, -0.25) is 16.0 Å². The topological polar surface area (TPSA) is 55.9 Å². The summed E-state index contributed by atoms with van der Waals surface area (Å²) < 4.78 is 1.93. The van der Waals surface area contributed by atoms with Gasteiger partial charge in [0.05, 0.1) is 11.7 Å². The van der Waals surface area contributed by atoms with Gasteiger partial charge in [-0.1, -0.05) is 6.42 Å². The number of hydrogen-bond donors (Lipinski definition) is 2. The molecule has 0 aromatic carbocycles. The van der Waals surface area contributed by atoms with E-state index in [0.717, 1.165) is 24.2 Å². The summed E-state index contributed by atoms with van der Waals surface area (Å²) >= 11 is 0. The van der Waals surface area contributed by atoms with E-state index in [0.29, 0.717) is 0 Å². The average Bonchev–Trinajstić information content (AvgIpc) is 3.02. The fraction of sp³-hybridized carbons (Fsp3) is 0.769. The summed E-state index contributed by atoms with van der Waals surface area (Å²) in [5.74, 6) is 8.55. The third kappa shape index (κ3) is 2.00. The Balaban J connectivity index is 1.69. The van der Waals surface area contributed by atoms with E-state index in [4.69, 9.17) is 5.84 Å². The standard InChI is InChI=1S/C13H22N4/c1-17-13(4-5-15-17)12(16-14)8-11-7-9-2-3-10(11)6-9/h4-5,9-12,16H,2-3,6-8,14H2,1H3. The summed E-state index contributed by atoms with van der Waals surface area (Å²) in [5.41, 5.74) is 4.17. The smallest absolute Gasteiger partial charge is 0.0631 e. The summed E-state index contributed by atoms with van der Waals surface area (Å²) in [6, 6.07) is 2.32. The number of nitrogens with one attached hydrogen (secondary N) is 1. The highest BCUT2D eigenvalue weighted by Crippen LogP contribution is 2.50. The molecule has 94 valence electrons. The summed E-state index contributed by atoms with van der Waals surface area (Å²) in [6.45, 7) is 0. The maximum atomic E-state index is 5.72. The highest BCUT2D eigenvalue weighted by Gasteiger charge is 2.40. The number of hydrazine groups is 1. The minimum Gasteiger partial charge on any atom is -0.271 e. The Morgan fingerprint density at radius 3 is 2.94 bits per heavy atom. The monoisotopic (exact) mass is 234 g/mol. The van der Waals surface area contributed by atoms with Gasteiger partial charge in [-0.25, -0.2) is 0 Å². The normalized spacial score (nSPS) is 33.2. The summed E-state index contributed by atoms with van der Waals surface area (Å²) in [4.78, 5) is 0. The predicted octanol–water partition coefficient (Wildman–Crippen LogP) is 1.75. The molecule has 1 heterocycles. The van der Waals surface area contributed by atoms with Crippen LogP contribution in [-0.2, 0) is 7.05 Å². The van der Waals surface area contributed by atoms with Crippen LogP contribution < -0.4 is 11.3 Å². The summed E-state index contributed by atoms with van der Waals surface area (Å²) in [5, 5.41) is 4.23. The Morgan fingerprint density at radius 1 is 1.53 bits per heavy atom. The molecule has 2 fully saturated rings. The maximum absolute atomic E-state index is 5.72. The van der Waals surface area contributed by atoms with Crippen molar-refractivity contribution >= 4 is 0 Å². The fourth-order valence-electron chi connectivity index (χ4n) is 3.97.